The minimum Gasteiger partial charge on any atom is -0.354 e. The first kappa shape index (κ1) is 25.7. The second-order valence-electron chi connectivity index (χ2n) is 9.63. The van der Waals surface area contributed by atoms with Crippen LogP contribution < -0.4 is 10.2 Å². The Kier molecular flexibility index (Phi) is 7.60. The highest BCUT2D eigenvalue weighted by Crippen LogP contribution is 2.39. The molecule has 0 radical (unpaired) electrons. The number of anilines is 1. The molecule has 3 amide bonds. The molecule has 0 atom stereocenters. The molecule has 0 bridgehead atoms. The summed E-state index contributed by atoms with van der Waals surface area (Å²) in [6.45, 7) is 1.58. The summed E-state index contributed by atoms with van der Waals surface area (Å²) in [5, 5.41) is 3.33. The zero-order valence-corrected chi connectivity index (χ0v) is 21.8. The number of pyridine rings is 1. The Labute approximate surface area is 227 Å². The van der Waals surface area contributed by atoms with Gasteiger partial charge in [0.05, 0.1) is 17.3 Å². The third-order valence-electron chi connectivity index (χ3n) is 7.33. The van der Waals surface area contributed by atoms with E-state index in [1.807, 2.05) is 48.5 Å². The van der Waals surface area contributed by atoms with Crippen LogP contribution in [0, 0.1) is 0 Å². The molecule has 0 aliphatic carbocycles. The highest BCUT2D eigenvalue weighted by molar-refractivity contribution is 6.33. The number of para-hydroxylation sites is 1. The number of hydrogen-bond donors (Lipinski definition) is 1. The molecule has 2 saturated heterocycles. The number of amides is 3. The monoisotopic (exact) mass is 531 g/mol. The highest BCUT2D eigenvalue weighted by Gasteiger charge is 2.54. The smallest absolute Gasteiger partial charge is 0.255 e. The van der Waals surface area contributed by atoms with Crippen molar-refractivity contribution in [3.63, 3.8) is 0 Å². The van der Waals surface area contributed by atoms with Gasteiger partial charge in [0.1, 0.15) is 12.1 Å². The van der Waals surface area contributed by atoms with Gasteiger partial charge in [-0.1, -0.05) is 48.0 Å². The number of carbonyl (C=O) groups excluding carboxylic acids is 3. The Hall–Kier alpha value is -3.91. The lowest BCUT2D eigenvalue weighted by atomic mass is 9.85. The number of benzene rings is 2. The summed E-state index contributed by atoms with van der Waals surface area (Å²) in [5.41, 5.74) is 1.47. The molecule has 8 nitrogen and oxygen atoms in total. The van der Waals surface area contributed by atoms with E-state index in [0.717, 1.165) is 11.4 Å². The SMILES string of the molecule is O=C(CN1CN(c2ccccc2)C2(CCN(C(=O)c3ccccc3Cl)CC2)C1=O)NCCc1ccccn1. The fourth-order valence-electron chi connectivity index (χ4n) is 5.31. The lowest BCUT2D eigenvalue weighted by Gasteiger charge is -2.43. The molecule has 3 aromatic rings. The number of halogens is 1. The standard InChI is InChI=1S/C29H30ClN5O3/c30-25-12-5-4-11-24(25)27(37)33-18-14-29(15-19-33)28(38)34(21-35(29)23-9-2-1-3-10-23)20-26(36)32-17-13-22-8-6-7-16-31-22/h1-12,16H,13-15,17-21H2,(H,32,36). The van der Waals surface area contributed by atoms with Crippen LogP contribution in [0.4, 0.5) is 5.69 Å². The predicted octanol–water partition coefficient (Wildman–Crippen LogP) is 3.38. The van der Waals surface area contributed by atoms with Crippen LogP contribution in [0.25, 0.3) is 0 Å². The van der Waals surface area contributed by atoms with Crippen LogP contribution >= 0.6 is 11.6 Å². The normalized spacial score (nSPS) is 16.7. The number of hydrogen-bond acceptors (Lipinski definition) is 5. The van der Waals surface area contributed by atoms with Gasteiger partial charge in [-0.05, 0) is 49.2 Å². The molecule has 1 spiro atoms. The first-order valence-electron chi connectivity index (χ1n) is 12.8. The molecule has 196 valence electrons. The molecular weight excluding hydrogens is 502 g/mol. The van der Waals surface area contributed by atoms with Crippen molar-refractivity contribution >= 4 is 35.0 Å². The topological polar surface area (TPSA) is 85.9 Å². The van der Waals surface area contributed by atoms with Crippen LogP contribution in [-0.2, 0) is 16.0 Å². The van der Waals surface area contributed by atoms with Gasteiger partial charge in [-0.25, -0.2) is 0 Å². The van der Waals surface area contributed by atoms with E-state index in [0.29, 0.717) is 56.2 Å². The van der Waals surface area contributed by atoms with Gasteiger partial charge >= 0.3 is 0 Å². The van der Waals surface area contributed by atoms with E-state index >= 15 is 0 Å². The van der Waals surface area contributed by atoms with E-state index in [1.165, 1.54) is 0 Å². The Morgan fingerprint density at radius 3 is 2.37 bits per heavy atom. The minimum absolute atomic E-state index is 0.0194. The molecule has 0 unspecified atom stereocenters. The zero-order valence-electron chi connectivity index (χ0n) is 21.1. The maximum absolute atomic E-state index is 13.9. The predicted molar refractivity (Wildman–Crippen MR) is 146 cm³/mol. The van der Waals surface area contributed by atoms with Gasteiger partial charge in [0, 0.05) is 43.6 Å². The van der Waals surface area contributed by atoms with Gasteiger partial charge in [0.15, 0.2) is 0 Å². The maximum Gasteiger partial charge on any atom is 0.255 e. The molecule has 1 N–H and O–H groups in total. The summed E-state index contributed by atoms with van der Waals surface area (Å²) in [7, 11) is 0. The molecule has 3 heterocycles. The summed E-state index contributed by atoms with van der Waals surface area (Å²) < 4.78 is 0. The third kappa shape index (κ3) is 5.22. The highest BCUT2D eigenvalue weighted by atomic mass is 35.5. The Bertz CT molecular complexity index is 1300. The molecule has 1 aromatic heterocycles. The van der Waals surface area contributed by atoms with Crippen molar-refractivity contribution in [3.8, 4) is 0 Å². The number of likely N-dealkylation sites (tertiary alicyclic amines) is 1. The lowest BCUT2D eigenvalue weighted by molar-refractivity contribution is -0.137. The molecule has 2 fully saturated rings. The molecule has 38 heavy (non-hydrogen) atoms. The quantitative estimate of drug-likeness (QED) is 0.505. The second kappa shape index (κ2) is 11.2. The average Bonchev–Trinajstić information content (AvgIpc) is 3.20. The van der Waals surface area contributed by atoms with Crippen molar-refractivity contribution in [2.24, 2.45) is 0 Å². The van der Waals surface area contributed by atoms with E-state index in [1.54, 1.807) is 40.3 Å². The van der Waals surface area contributed by atoms with Gasteiger partial charge in [0.2, 0.25) is 5.91 Å². The van der Waals surface area contributed by atoms with Crippen molar-refractivity contribution in [1.29, 1.82) is 0 Å². The molecule has 0 saturated carbocycles. The van der Waals surface area contributed by atoms with Gasteiger partial charge in [-0.15, -0.1) is 0 Å². The molecular formula is C29H30ClN5O3. The maximum atomic E-state index is 13.9. The van der Waals surface area contributed by atoms with Crippen LogP contribution in [-0.4, -0.2) is 70.9 Å². The number of piperidine rings is 1. The molecule has 2 aliphatic rings. The fourth-order valence-corrected chi connectivity index (χ4v) is 5.53. The first-order chi connectivity index (χ1) is 18.5. The number of nitrogens with zero attached hydrogens (tertiary/aromatic N) is 4. The van der Waals surface area contributed by atoms with Crippen LogP contribution in [0.2, 0.25) is 5.02 Å². The van der Waals surface area contributed by atoms with Crippen LogP contribution in [0.15, 0.2) is 79.0 Å². The van der Waals surface area contributed by atoms with Crippen LogP contribution in [0.1, 0.15) is 28.9 Å². The van der Waals surface area contributed by atoms with Crippen molar-refractivity contribution in [2.45, 2.75) is 24.8 Å². The van der Waals surface area contributed by atoms with Crippen molar-refractivity contribution in [2.75, 3.05) is 37.7 Å². The first-order valence-corrected chi connectivity index (χ1v) is 13.2. The second-order valence-corrected chi connectivity index (χ2v) is 10.0. The van der Waals surface area contributed by atoms with Gasteiger partial charge in [-0.2, -0.15) is 0 Å². The zero-order chi connectivity index (χ0) is 26.5. The minimum atomic E-state index is -0.813. The van der Waals surface area contributed by atoms with Gasteiger partial charge in [0.25, 0.3) is 11.8 Å². The van der Waals surface area contributed by atoms with E-state index in [9.17, 15) is 14.4 Å². The third-order valence-corrected chi connectivity index (χ3v) is 7.66. The summed E-state index contributed by atoms with van der Waals surface area (Å²) >= 11 is 6.27. The molecule has 9 heteroatoms. The Balaban J connectivity index is 1.28. The van der Waals surface area contributed by atoms with Crippen molar-refractivity contribution < 1.29 is 14.4 Å². The fraction of sp³-hybridized carbons (Fsp3) is 0.310. The van der Waals surface area contributed by atoms with E-state index < -0.39 is 5.54 Å². The molecule has 2 aliphatic heterocycles. The lowest BCUT2D eigenvalue weighted by Crippen LogP contribution is -2.57. The largest absolute Gasteiger partial charge is 0.354 e. The molecule has 5 rings (SSSR count). The van der Waals surface area contributed by atoms with Gasteiger partial charge in [-0.3, -0.25) is 19.4 Å². The van der Waals surface area contributed by atoms with E-state index in [-0.39, 0.29) is 24.3 Å². The number of carbonyl (C=O) groups is 3. The van der Waals surface area contributed by atoms with Crippen LogP contribution in [0.3, 0.4) is 0 Å². The van der Waals surface area contributed by atoms with Crippen LogP contribution in [0.5, 0.6) is 0 Å². The summed E-state index contributed by atoms with van der Waals surface area (Å²) in [6, 6.07) is 22.5. The van der Waals surface area contributed by atoms with Crippen molar-refractivity contribution in [1.82, 2.24) is 20.1 Å². The number of rotatable bonds is 7. The Morgan fingerprint density at radius 1 is 0.947 bits per heavy atom. The summed E-state index contributed by atoms with van der Waals surface area (Å²) in [6.07, 6.45) is 3.28. The van der Waals surface area contributed by atoms with Gasteiger partial charge < -0.3 is 20.0 Å². The average molecular weight is 532 g/mol. The Morgan fingerprint density at radius 2 is 1.66 bits per heavy atom. The summed E-state index contributed by atoms with van der Waals surface area (Å²) in [5.74, 6) is -0.414. The molecule has 2 aromatic carbocycles. The number of nitrogens with one attached hydrogen (secondary N) is 1. The van der Waals surface area contributed by atoms with Crippen molar-refractivity contribution in [3.05, 3.63) is 95.3 Å². The van der Waals surface area contributed by atoms with E-state index in [4.69, 9.17) is 11.6 Å². The summed E-state index contributed by atoms with van der Waals surface area (Å²) in [4.78, 5) is 49.5. The number of aromatic nitrogens is 1. The van der Waals surface area contributed by atoms with E-state index in [2.05, 4.69) is 15.2 Å².